The minimum absolute atomic E-state index is 0.119. The van der Waals surface area contributed by atoms with E-state index >= 15 is 0 Å². The van der Waals surface area contributed by atoms with Crippen molar-refractivity contribution in [3.8, 4) is 0 Å². The molecule has 5 rings (SSSR count). The van der Waals surface area contributed by atoms with Gasteiger partial charge in [0, 0.05) is 18.0 Å². The maximum absolute atomic E-state index is 13.4. The SMILES string of the molecule is Cc1ccc(S(=O)(=O)N2CC3(C)C=CC(C)C2C=C3c2ccccc2)cc1. The maximum Gasteiger partial charge on any atom is 0.243 e. The molecule has 1 aliphatic carbocycles. The summed E-state index contributed by atoms with van der Waals surface area (Å²) < 4.78 is 28.6. The van der Waals surface area contributed by atoms with Crippen LogP contribution in [0.4, 0.5) is 0 Å². The molecule has 4 heteroatoms. The van der Waals surface area contributed by atoms with E-state index in [1.54, 1.807) is 16.4 Å². The third-order valence-corrected chi connectivity index (χ3v) is 7.65. The average Bonchev–Trinajstić information content (AvgIpc) is 2.87. The molecule has 3 nitrogen and oxygen atoms in total. The van der Waals surface area contributed by atoms with Crippen LogP contribution in [-0.4, -0.2) is 25.3 Å². The number of aryl methyl sites for hydroxylation is 1. The molecular formula is C23H25NO2S. The molecule has 3 unspecified atom stereocenters. The van der Waals surface area contributed by atoms with E-state index in [-0.39, 0.29) is 17.4 Å². The predicted octanol–water partition coefficient (Wildman–Crippen LogP) is 4.66. The van der Waals surface area contributed by atoms with Crippen LogP contribution < -0.4 is 0 Å². The molecule has 2 aromatic carbocycles. The first kappa shape index (κ1) is 18.2. The van der Waals surface area contributed by atoms with Crippen LogP contribution in [0.3, 0.4) is 0 Å². The second kappa shape index (κ2) is 6.47. The maximum atomic E-state index is 13.4. The van der Waals surface area contributed by atoms with Gasteiger partial charge in [-0.1, -0.05) is 80.1 Å². The topological polar surface area (TPSA) is 37.4 Å². The molecule has 3 atom stereocenters. The van der Waals surface area contributed by atoms with Gasteiger partial charge in [0.15, 0.2) is 0 Å². The fourth-order valence-electron chi connectivity index (χ4n) is 4.13. The summed E-state index contributed by atoms with van der Waals surface area (Å²) in [6, 6.07) is 17.3. The summed E-state index contributed by atoms with van der Waals surface area (Å²) in [6.45, 7) is 6.64. The fourth-order valence-corrected chi connectivity index (χ4v) is 5.89. The molecule has 2 heterocycles. The Morgan fingerprint density at radius 1 is 1.04 bits per heavy atom. The quantitative estimate of drug-likeness (QED) is 0.727. The molecule has 0 saturated carbocycles. The Morgan fingerprint density at radius 3 is 2.37 bits per heavy atom. The minimum Gasteiger partial charge on any atom is -0.207 e. The molecule has 2 bridgehead atoms. The van der Waals surface area contributed by atoms with E-state index in [1.165, 1.54) is 5.57 Å². The van der Waals surface area contributed by atoms with Gasteiger partial charge in [0.1, 0.15) is 0 Å². The van der Waals surface area contributed by atoms with Crippen molar-refractivity contribution in [1.29, 1.82) is 0 Å². The average molecular weight is 380 g/mol. The van der Waals surface area contributed by atoms with Gasteiger partial charge in [0.25, 0.3) is 0 Å². The Kier molecular flexibility index (Phi) is 4.36. The first-order chi connectivity index (χ1) is 12.8. The lowest BCUT2D eigenvalue weighted by Crippen LogP contribution is -2.49. The van der Waals surface area contributed by atoms with Crippen LogP contribution in [0.2, 0.25) is 0 Å². The van der Waals surface area contributed by atoms with E-state index in [9.17, 15) is 8.42 Å². The van der Waals surface area contributed by atoms with Crippen molar-refractivity contribution in [2.75, 3.05) is 6.54 Å². The lowest BCUT2D eigenvalue weighted by Gasteiger charge is -2.42. The zero-order chi connectivity index (χ0) is 19.2. The number of nitrogens with zero attached hydrogens (tertiary/aromatic N) is 1. The van der Waals surface area contributed by atoms with Crippen molar-refractivity contribution < 1.29 is 8.42 Å². The Morgan fingerprint density at radius 2 is 1.70 bits per heavy atom. The van der Waals surface area contributed by atoms with Crippen LogP contribution in [0.15, 0.2) is 77.7 Å². The van der Waals surface area contributed by atoms with Crippen molar-refractivity contribution in [3.63, 3.8) is 0 Å². The van der Waals surface area contributed by atoms with E-state index < -0.39 is 10.0 Å². The highest BCUT2D eigenvalue weighted by Gasteiger charge is 2.45. The zero-order valence-electron chi connectivity index (χ0n) is 16.0. The monoisotopic (exact) mass is 379 g/mol. The Bertz CT molecular complexity index is 1010. The summed E-state index contributed by atoms with van der Waals surface area (Å²) >= 11 is 0. The summed E-state index contributed by atoms with van der Waals surface area (Å²) in [7, 11) is -3.56. The molecule has 0 N–H and O–H groups in total. The highest BCUT2D eigenvalue weighted by Crippen LogP contribution is 2.47. The van der Waals surface area contributed by atoms with Crippen molar-refractivity contribution in [3.05, 3.63) is 84.0 Å². The van der Waals surface area contributed by atoms with E-state index in [0.717, 1.165) is 11.1 Å². The molecule has 2 aromatic rings. The molecular weight excluding hydrogens is 354 g/mol. The number of hydrogen-bond acceptors (Lipinski definition) is 2. The van der Waals surface area contributed by atoms with E-state index in [2.05, 4.69) is 44.2 Å². The lowest BCUT2D eigenvalue weighted by molar-refractivity contribution is 0.273. The molecule has 0 spiro atoms. The summed E-state index contributed by atoms with van der Waals surface area (Å²) in [5.41, 5.74) is 3.08. The van der Waals surface area contributed by atoms with Crippen LogP contribution in [-0.2, 0) is 10.0 Å². The molecule has 3 aliphatic rings. The predicted molar refractivity (Wildman–Crippen MR) is 110 cm³/mol. The van der Waals surface area contributed by atoms with Gasteiger partial charge in [-0.3, -0.25) is 0 Å². The van der Waals surface area contributed by atoms with Gasteiger partial charge in [0.05, 0.1) is 4.90 Å². The van der Waals surface area contributed by atoms with Crippen LogP contribution >= 0.6 is 0 Å². The van der Waals surface area contributed by atoms with E-state index in [4.69, 9.17) is 0 Å². The molecule has 140 valence electrons. The third kappa shape index (κ3) is 3.07. The van der Waals surface area contributed by atoms with Crippen molar-refractivity contribution in [2.24, 2.45) is 11.3 Å². The number of rotatable bonds is 3. The first-order valence-electron chi connectivity index (χ1n) is 9.37. The number of hydrogen-bond donors (Lipinski definition) is 0. The van der Waals surface area contributed by atoms with Crippen LogP contribution in [0.25, 0.3) is 5.57 Å². The zero-order valence-corrected chi connectivity index (χ0v) is 16.8. The smallest absolute Gasteiger partial charge is 0.207 e. The molecule has 0 aromatic heterocycles. The van der Waals surface area contributed by atoms with Crippen molar-refractivity contribution >= 4 is 15.6 Å². The Hall–Kier alpha value is -2.17. The van der Waals surface area contributed by atoms with E-state index in [1.807, 2.05) is 37.3 Å². The van der Waals surface area contributed by atoms with Gasteiger partial charge in [-0.15, -0.1) is 0 Å². The third-order valence-electron chi connectivity index (χ3n) is 5.79. The number of fused-ring (bicyclic) bond motifs is 2. The summed E-state index contributed by atoms with van der Waals surface area (Å²) in [5, 5.41) is 0. The van der Waals surface area contributed by atoms with E-state index in [0.29, 0.717) is 11.4 Å². The standard InChI is InChI=1S/C23H25NO2S/c1-17-9-11-20(12-10-17)27(25,26)24-16-23(3)14-13-18(2)22(24)15-21(23)19-7-5-4-6-8-19/h4-15,18,22H,16H2,1-3H3. The van der Waals surface area contributed by atoms with Gasteiger partial charge in [0.2, 0.25) is 10.0 Å². The largest absolute Gasteiger partial charge is 0.243 e. The van der Waals surface area contributed by atoms with Crippen molar-refractivity contribution in [2.45, 2.75) is 31.7 Å². The molecule has 0 radical (unpaired) electrons. The van der Waals surface area contributed by atoms with Gasteiger partial charge >= 0.3 is 0 Å². The summed E-state index contributed by atoms with van der Waals surface area (Å²) in [5.74, 6) is 0.119. The second-order valence-electron chi connectivity index (χ2n) is 7.94. The van der Waals surface area contributed by atoms with Gasteiger partial charge in [-0.05, 0) is 36.1 Å². The lowest BCUT2D eigenvalue weighted by atomic mass is 9.76. The van der Waals surface area contributed by atoms with Gasteiger partial charge < -0.3 is 0 Å². The summed E-state index contributed by atoms with van der Waals surface area (Å²) in [4.78, 5) is 0.367. The van der Waals surface area contributed by atoms with Crippen LogP contribution in [0.5, 0.6) is 0 Å². The Labute approximate surface area is 162 Å². The first-order valence-corrected chi connectivity index (χ1v) is 10.8. The molecule has 27 heavy (non-hydrogen) atoms. The Balaban J connectivity index is 1.82. The molecule has 0 saturated heterocycles. The van der Waals surface area contributed by atoms with Gasteiger partial charge in [-0.25, -0.2) is 8.42 Å². The normalized spacial score (nSPS) is 28.0. The molecule has 2 aliphatic heterocycles. The van der Waals surface area contributed by atoms with Crippen LogP contribution in [0.1, 0.15) is 25.0 Å². The number of sulfonamides is 1. The number of benzene rings is 2. The summed E-state index contributed by atoms with van der Waals surface area (Å²) in [6.07, 6.45) is 6.53. The molecule has 0 amide bonds. The van der Waals surface area contributed by atoms with Crippen LogP contribution in [0, 0.1) is 18.3 Å². The highest BCUT2D eigenvalue weighted by atomic mass is 32.2. The minimum atomic E-state index is -3.56. The molecule has 0 fully saturated rings. The van der Waals surface area contributed by atoms with Gasteiger partial charge in [-0.2, -0.15) is 4.31 Å². The van der Waals surface area contributed by atoms with Crippen molar-refractivity contribution in [1.82, 2.24) is 4.31 Å². The highest BCUT2D eigenvalue weighted by molar-refractivity contribution is 7.89. The fraction of sp³-hybridized carbons (Fsp3) is 0.304. The second-order valence-corrected chi connectivity index (χ2v) is 9.83.